The molecule has 0 radical (unpaired) electrons. The highest BCUT2D eigenvalue weighted by Gasteiger charge is 2.17. The van der Waals surface area contributed by atoms with Crippen LogP contribution in [0.25, 0.3) is 0 Å². The average Bonchev–Trinajstić information content (AvgIpc) is 2.38. The van der Waals surface area contributed by atoms with Crippen molar-refractivity contribution in [1.82, 2.24) is 14.7 Å². The molecule has 1 aromatic heterocycles. The van der Waals surface area contributed by atoms with Crippen LogP contribution in [-0.2, 0) is 7.05 Å². The molecule has 0 fully saturated rings. The van der Waals surface area contributed by atoms with E-state index < -0.39 is 0 Å². The first-order chi connectivity index (χ1) is 8.38. The standard InChI is InChI=1S/C12H19N5O/c1-5-8(2)11(13)16(3)12(14)9-6-10(18)17(4)15-7-9/h6-8,13-14H,5H2,1-4H3/t8-/m1/s1. The Balaban J connectivity index is 2.96. The lowest BCUT2D eigenvalue weighted by atomic mass is 10.1. The molecular formula is C12H19N5O. The zero-order valence-electron chi connectivity index (χ0n) is 11.2. The molecule has 1 aromatic rings. The summed E-state index contributed by atoms with van der Waals surface area (Å²) in [6.45, 7) is 3.94. The molecule has 0 aliphatic heterocycles. The number of aromatic nitrogens is 2. The van der Waals surface area contributed by atoms with E-state index in [0.29, 0.717) is 11.4 Å². The minimum Gasteiger partial charge on any atom is -0.318 e. The molecule has 0 aliphatic carbocycles. The Kier molecular flexibility index (Phi) is 4.36. The third-order valence-corrected chi connectivity index (χ3v) is 3.02. The summed E-state index contributed by atoms with van der Waals surface area (Å²) in [7, 11) is 3.22. The van der Waals surface area contributed by atoms with E-state index in [1.807, 2.05) is 13.8 Å². The van der Waals surface area contributed by atoms with Crippen LogP contribution in [0.5, 0.6) is 0 Å². The van der Waals surface area contributed by atoms with Crippen LogP contribution in [0, 0.1) is 16.7 Å². The van der Waals surface area contributed by atoms with Crippen LogP contribution in [-0.4, -0.2) is 33.4 Å². The lowest BCUT2D eigenvalue weighted by molar-refractivity contribution is 0.616. The molecule has 1 heterocycles. The molecule has 6 heteroatoms. The van der Waals surface area contributed by atoms with Crippen molar-refractivity contribution < 1.29 is 0 Å². The summed E-state index contributed by atoms with van der Waals surface area (Å²) in [5.74, 6) is 0.559. The van der Waals surface area contributed by atoms with Crippen molar-refractivity contribution in [2.24, 2.45) is 13.0 Å². The van der Waals surface area contributed by atoms with Crippen molar-refractivity contribution >= 4 is 11.7 Å². The van der Waals surface area contributed by atoms with E-state index in [-0.39, 0.29) is 17.3 Å². The maximum atomic E-state index is 11.5. The molecule has 0 bridgehead atoms. The van der Waals surface area contributed by atoms with Crippen molar-refractivity contribution in [2.45, 2.75) is 20.3 Å². The van der Waals surface area contributed by atoms with Gasteiger partial charge in [-0.25, -0.2) is 4.68 Å². The molecule has 1 atom stereocenters. The lowest BCUT2D eigenvalue weighted by Gasteiger charge is -2.24. The normalized spacial score (nSPS) is 12.0. The number of hydrogen-bond donors (Lipinski definition) is 2. The van der Waals surface area contributed by atoms with E-state index in [2.05, 4.69) is 5.10 Å². The summed E-state index contributed by atoms with van der Waals surface area (Å²) in [6, 6.07) is 1.36. The van der Waals surface area contributed by atoms with Crippen molar-refractivity contribution in [2.75, 3.05) is 7.05 Å². The van der Waals surface area contributed by atoms with Gasteiger partial charge in [0.15, 0.2) is 0 Å². The number of amidine groups is 2. The van der Waals surface area contributed by atoms with Gasteiger partial charge in [-0.1, -0.05) is 13.8 Å². The highest BCUT2D eigenvalue weighted by molar-refractivity contribution is 6.06. The summed E-state index contributed by atoms with van der Waals surface area (Å²) in [5.41, 5.74) is 0.161. The second-order valence-electron chi connectivity index (χ2n) is 4.31. The fourth-order valence-corrected chi connectivity index (χ4v) is 1.44. The van der Waals surface area contributed by atoms with Crippen LogP contribution in [0.4, 0.5) is 0 Å². The first kappa shape index (κ1) is 14.1. The van der Waals surface area contributed by atoms with Crippen LogP contribution in [0.3, 0.4) is 0 Å². The first-order valence-corrected chi connectivity index (χ1v) is 5.82. The predicted octanol–water partition coefficient (Wildman–Crippen LogP) is 1.06. The molecule has 98 valence electrons. The average molecular weight is 249 g/mol. The Morgan fingerprint density at radius 1 is 1.56 bits per heavy atom. The first-order valence-electron chi connectivity index (χ1n) is 5.82. The number of hydrogen-bond acceptors (Lipinski definition) is 4. The monoisotopic (exact) mass is 249 g/mol. The van der Waals surface area contributed by atoms with E-state index in [4.69, 9.17) is 10.8 Å². The number of aryl methyl sites for hydroxylation is 1. The van der Waals surface area contributed by atoms with E-state index in [1.54, 1.807) is 14.1 Å². The largest absolute Gasteiger partial charge is 0.318 e. The fraction of sp³-hybridized carbons (Fsp3) is 0.500. The maximum Gasteiger partial charge on any atom is 0.267 e. The summed E-state index contributed by atoms with van der Waals surface area (Å²) in [4.78, 5) is 12.9. The van der Waals surface area contributed by atoms with Crippen LogP contribution in [0.1, 0.15) is 25.8 Å². The van der Waals surface area contributed by atoms with Gasteiger partial charge < -0.3 is 4.90 Å². The SMILES string of the molecule is CC[C@@H](C)C(=N)N(C)C(=N)c1cnn(C)c(=O)c1. The molecule has 1 rings (SSSR count). The topological polar surface area (TPSA) is 85.8 Å². The second kappa shape index (κ2) is 5.57. The van der Waals surface area contributed by atoms with Gasteiger partial charge in [0.05, 0.1) is 6.20 Å². The number of nitrogens with one attached hydrogen (secondary N) is 2. The van der Waals surface area contributed by atoms with E-state index in [9.17, 15) is 4.79 Å². The van der Waals surface area contributed by atoms with Crippen LogP contribution in [0.15, 0.2) is 17.1 Å². The molecular weight excluding hydrogens is 230 g/mol. The molecule has 0 unspecified atom stereocenters. The lowest BCUT2D eigenvalue weighted by Crippen LogP contribution is -2.37. The van der Waals surface area contributed by atoms with Crippen LogP contribution < -0.4 is 5.56 Å². The predicted molar refractivity (Wildman–Crippen MR) is 71.3 cm³/mol. The van der Waals surface area contributed by atoms with Crippen molar-refractivity contribution in [1.29, 1.82) is 10.8 Å². The zero-order chi connectivity index (χ0) is 13.9. The van der Waals surface area contributed by atoms with E-state index in [0.717, 1.165) is 6.42 Å². The Morgan fingerprint density at radius 3 is 2.67 bits per heavy atom. The molecule has 0 aliphatic rings. The maximum absolute atomic E-state index is 11.5. The van der Waals surface area contributed by atoms with Crippen molar-refractivity contribution in [3.8, 4) is 0 Å². The van der Waals surface area contributed by atoms with Gasteiger partial charge in [0.1, 0.15) is 11.7 Å². The Hall–Kier alpha value is -1.98. The summed E-state index contributed by atoms with van der Waals surface area (Å²) < 4.78 is 1.21. The molecule has 0 amide bonds. The molecule has 0 spiro atoms. The minimum atomic E-state index is -0.263. The summed E-state index contributed by atoms with van der Waals surface area (Å²) in [5, 5.41) is 19.8. The van der Waals surface area contributed by atoms with Gasteiger partial charge in [-0.2, -0.15) is 5.10 Å². The van der Waals surface area contributed by atoms with E-state index >= 15 is 0 Å². The summed E-state index contributed by atoms with van der Waals surface area (Å²) >= 11 is 0. The van der Waals surface area contributed by atoms with E-state index in [1.165, 1.54) is 21.8 Å². The van der Waals surface area contributed by atoms with Gasteiger partial charge in [0.2, 0.25) is 0 Å². The Bertz CT molecular complexity index is 519. The van der Waals surface area contributed by atoms with Crippen LogP contribution in [0.2, 0.25) is 0 Å². The third-order valence-electron chi connectivity index (χ3n) is 3.02. The quantitative estimate of drug-likeness (QED) is 0.620. The zero-order valence-corrected chi connectivity index (χ0v) is 11.2. The number of nitrogens with zero attached hydrogens (tertiary/aromatic N) is 3. The molecule has 18 heavy (non-hydrogen) atoms. The smallest absolute Gasteiger partial charge is 0.267 e. The highest BCUT2D eigenvalue weighted by Crippen LogP contribution is 2.08. The van der Waals surface area contributed by atoms with Gasteiger partial charge in [-0.15, -0.1) is 0 Å². The van der Waals surface area contributed by atoms with Crippen molar-refractivity contribution in [3.05, 3.63) is 28.2 Å². The fourth-order valence-electron chi connectivity index (χ4n) is 1.44. The highest BCUT2D eigenvalue weighted by atomic mass is 16.1. The van der Waals surface area contributed by atoms with Crippen LogP contribution >= 0.6 is 0 Å². The van der Waals surface area contributed by atoms with Crippen molar-refractivity contribution in [3.63, 3.8) is 0 Å². The third kappa shape index (κ3) is 2.82. The van der Waals surface area contributed by atoms with Gasteiger partial charge in [0.25, 0.3) is 5.56 Å². The number of rotatable bonds is 3. The Morgan fingerprint density at radius 2 is 2.17 bits per heavy atom. The molecule has 0 saturated heterocycles. The van der Waals surface area contributed by atoms with Gasteiger partial charge >= 0.3 is 0 Å². The van der Waals surface area contributed by atoms with Gasteiger partial charge in [0, 0.05) is 31.6 Å². The molecule has 0 saturated carbocycles. The molecule has 0 aromatic carbocycles. The van der Waals surface area contributed by atoms with Gasteiger partial charge in [-0.3, -0.25) is 15.6 Å². The molecule has 2 N–H and O–H groups in total. The minimum absolute atomic E-state index is 0.0786. The Labute approximate surface area is 106 Å². The second-order valence-corrected chi connectivity index (χ2v) is 4.31. The van der Waals surface area contributed by atoms with Gasteiger partial charge in [-0.05, 0) is 6.42 Å². The molecule has 6 nitrogen and oxygen atoms in total. The summed E-state index contributed by atoms with van der Waals surface area (Å²) in [6.07, 6.45) is 2.30.